The van der Waals surface area contributed by atoms with E-state index in [1.165, 1.54) is 18.4 Å². The molecule has 37 heavy (non-hydrogen) atoms. The summed E-state index contributed by atoms with van der Waals surface area (Å²) < 4.78 is 47.1. The number of nitrogens with one attached hydrogen (secondary N) is 1. The van der Waals surface area contributed by atoms with Crippen molar-refractivity contribution in [2.75, 3.05) is 0 Å². The summed E-state index contributed by atoms with van der Waals surface area (Å²) in [6, 6.07) is 26.5. The Labute approximate surface area is 212 Å². The lowest BCUT2D eigenvalue weighted by Gasteiger charge is -2.18. The minimum atomic E-state index is -4.43. The van der Waals surface area contributed by atoms with Crippen LogP contribution in [0.5, 0.6) is 0 Å². The molecular weight excluding hydrogens is 477 g/mol. The lowest BCUT2D eigenvalue weighted by molar-refractivity contribution is -0.137. The SMILES string of the molecule is O=C(CC(c1ccc(C(F)(F)F)cc1)c1cn(Cc2ccccc2)c2ccccc12)NCc1ccco1. The van der Waals surface area contributed by atoms with E-state index in [1.54, 1.807) is 12.1 Å². The maximum atomic E-state index is 13.2. The van der Waals surface area contributed by atoms with Gasteiger partial charge in [0.15, 0.2) is 0 Å². The minimum absolute atomic E-state index is 0.0748. The van der Waals surface area contributed by atoms with Crippen molar-refractivity contribution in [1.82, 2.24) is 9.88 Å². The number of halogens is 3. The molecule has 2 aromatic heterocycles. The van der Waals surface area contributed by atoms with Crippen LogP contribution in [0, 0.1) is 0 Å². The van der Waals surface area contributed by atoms with Crippen LogP contribution in [-0.4, -0.2) is 10.5 Å². The number of fused-ring (bicyclic) bond motifs is 1. The van der Waals surface area contributed by atoms with Crippen LogP contribution >= 0.6 is 0 Å². The average Bonchev–Trinajstić information content (AvgIpc) is 3.55. The minimum Gasteiger partial charge on any atom is -0.467 e. The summed E-state index contributed by atoms with van der Waals surface area (Å²) in [4.78, 5) is 13.0. The number of furan rings is 1. The van der Waals surface area contributed by atoms with Gasteiger partial charge in [-0.15, -0.1) is 0 Å². The van der Waals surface area contributed by atoms with Gasteiger partial charge in [-0.25, -0.2) is 0 Å². The van der Waals surface area contributed by atoms with E-state index in [2.05, 4.69) is 9.88 Å². The first-order valence-electron chi connectivity index (χ1n) is 12.0. The van der Waals surface area contributed by atoms with Crippen LogP contribution in [0.2, 0.25) is 0 Å². The zero-order valence-electron chi connectivity index (χ0n) is 19.9. The van der Waals surface area contributed by atoms with Gasteiger partial charge in [0.25, 0.3) is 0 Å². The predicted octanol–water partition coefficient (Wildman–Crippen LogP) is 7.14. The van der Waals surface area contributed by atoms with Gasteiger partial charge in [0.05, 0.1) is 18.4 Å². The molecule has 5 rings (SSSR count). The molecule has 0 saturated heterocycles. The van der Waals surface area contributed by atoms with Crippen molar-refractivity contribution < 1.29 is 22.4 Å². The number of hydrogen-bond acceptors (Lipinski definition) is 2. The molecule has 5 aromatic rings. The topological polar surface area (TPSA) is 47.2 Å². The molecule has 1 N–H and O–H groups in total. The molecule has 1 atom stereocenters. The Balaban J connectivity index is 1.52. The van der Waals surface area contributed by atoms with Crippen molar-refractivity contribution in [2.24, 2.45) is 0 Å². The normalized spacial score (nSPS) is 12.5. The van der Waals surface area contributed by atoms with Gasteiger partial charge < -0.3 is 14.3 Å². The monoisotopic (exact) mass is 502 g/mol. The third-order valence-corrected chi connectivity index (χ3v) is 6.46. The first-order valence-corrected chi connectivity index (χ1v) is 12.0. The third kappa shape index (κ3) is 5.61. The molecule has 0 fully saturated rings. The van der Waals surface area contributed by atoms with Crippen molar-refractivity contribution in [3.63, 3.8) is 0 Å². The number of benzene rings is 3. The first-order chi connectivity index (χ1) is 17.9. The molecule has 0 aliphatic heterocycles. The van der Waals surface area contributed by atoms with Gasteiger partial charge in [-0.2, -0.15) is 13.2 Å². The third-order valence-electron chi connectivity index (χ3n) is 6.46. The Bertz CT molecular complexity index is 1470. The van der Waals surface area contributed by atoms with Gasteiger partial charge in [0.1, 0.15) is 5.76 Å². The fourth-order valence-corrected chi connectivity index (χ4v) is 4.63. The molecule has 0 aliphatic rings. The van der Waals surface area contributed by atoms with Gasteiger partial charge in [-0.05, 0) is 47.0 Å². The maximum Gasteiger partial charge on any atom is 0.416 e. The number of amides is 1. The smallest absolute Gasteiger partial charge is 0.416 e. The number of nitrogens with zero attached hydrogens (tertiary/aromatic N) is 1. The Hall–Kier alpha value is -4.26. The summed E-state index contributed by atoms with van der Waals surface area (Å²) in [6.45, 7) is 0.868. The summed E-state index contributed by atoms with van der Waals surface area (Å²) in [7, 11) is 0. The van der Waals surface area contributed by atoms with Crippen molar-refractivity contribution in [2.45, 2.75) is 31.6 Å². The van der Waals surface area contributed by atoms with Crippen molar-refractivity contribution in [1.29, 1.82) is 0 Å². The number of rotatable bonds is 8. The maximum absolute atomic E-state index is 13.2. The van der Waals surface area contributed by atoms with Crippen molar-refractivity contribution in [3.05, 3.63) is 131 Å². The van der Waals surface area contributed by atoms with Crippen molar-refractivity contribution in [3.8, 4) is 0 Å². The van der Waals surface area contributed by atoms with Gasteiger partial charge >= 0.3 is 6.18 Å². The van der Waals surface area contributed by atoms with Gasteiger partial charge in [-0.3, -0.25) is 4.79 Å². The average molecular weight is 503 g/mol. The number of para-hydroxylation sites is 1. The van der Waals surface area contributed by atoms with Crippen LogP contribution in [0.1, 0.15) is 40.4 Å². The second kappa shape index (κ2) is 10.4. The molecule has 1 unspecified atom stereocenters. The highest BCUT2D eigenvalue weighted by Crippen LogP contribution is 2.37. The molecule has 0 radical (unpaired) electrons. The van der Waals surface area contributed by atoms with Crippen molar-refractivity contribution >= 4 is 16.8 Å². The van der Waals surface area contributed by atoms with E-state index >= 15 is 0 Å². The van der Waals surface area contributed by atoms with E-state index < -0.39 is 17.7 Å². The highest BCUT2D eigenvalue weighted by Gasteiger charge is 2.31. The second-order valence-corrected chi connectivity index (χ2v) is 8.95. The molecule has 0 saturated carbocycles. The van der Waals surface area contributed by atoms with Gasteiger partial charge in [-0.1, -0.05) is 60.7 Å². The zero-order valence-corrected chi connectivity index (χ0v) is 19.9. The molecule has 4 nitrogen and oxygen atoms in total. The quantitative estimate of drug-likeness (QED) is 0.245. The summed E-state index contributed by atoms with van der Waals surface area (Å²) in [6.07, 6.45) is -0.806. The predicted molar refractivity (Wildman–Crippen MR) is 136 cm³/mol. The molecule has 7 heteroatoms. The summed E-state index contributed by atoms with van der Waals surface area (Å²) in [5.74, 6) is -0.0408. The Morgan fingerprint density at radius 3 is 2.32 bits per heavy atom. The Kier molecular flexibility index (Phi) is 6.86. The first kappa shape index (κ1) is 24.4. The number of alkyl halides is 3. The summed E-state index contributed by atoms with van der Waals surface area (Å²) in [5.41, 5.74) is 2.93. The van der Waals surface area contributed by atoms with Crippen LogP contribution in [-0.2, 0) is 24.1 Å². The highest BCUT2D eigenvalue weighted by atomic mass is 19.4. The van der Waals surface area contributed by atoms with Crippen LogP contribution in [0.15, 0.2) is 108 Å². The second-order valence-electron chi connectivity index (χ2n) is 8.95. The molecule has 3 aromatic carbocycles. The molecule has 0 bridgehead atoms. The van der Waals surface area contributed by atoms with Gasteiger partial charge in [0.2, 0.25) is 5.91 Å². The standard InChI is InChI=1S/C30H25F3N2O2/c31-30(32,33)23-14-12-22(13-15-23)26(17-29(36)34-18-24-9-6-16-37-24)27-20-35(19-21-7-2-1-3-8-21)28-11-5-4-10-25(27)28/h1-16,20,26H,17-19H2,(H,34,36). The lowest BCUT2D eigenvalue weighted by Crippen LogP contribution is -2.24. The fourth-order valence-electron chi connectivity index (χ4n) is 4.63. The molecule has 188 valence electrons. The van der Waals surface area contributed by atoms with Crippen LogP contribution in [0.3, 0.4) is 0 Å². The zero-order chi connectivity index (χ0) is 25.8. The Morgan fingerprint density at radius 2 is 1.62 bits per heavy atom. The largest absolute Gasteiger partial charge is 0.467 e. The molecule has 0 aliphatic carbocycles. The lowest BCUT2D eigenvalue weighted by atomic mass is 9.87. The molecular formula is C30H25F3N2O2. The van der Waals surface area contributed by atoms with Gasteiger partial charge in [0, 0.05) is 36.0 Å². The molecule has 0 spiro atoms. The highest BCUT2D eigenvalue weighted by molar-refractivity contribution is 5.86. The van der Waals surface area contributed by atoms with Crippen LogP contribution in [0.4, 0.5) is 13.2 Å². The van der Waals surface area contributed by atoms with E-state index in [4.69, 9.17) is 4.42 Å². The molecule has 1 amide bonds. The Morgan fingerprint density at radius 1 is 0.892 bits per heavy atom. The number of carbonyl (C=O) groups excluding carboxylic acids is 1. The van der Waals surface area contributed by atoms with E-state index in [-0.39, 0.29) is 18.9 Å². The number of aromatic nitrogens is 1. The van der Waals surface area contributed by atoms with Crippen LogP contribution < -0.4 is 5.32 Å². The molecule has 2 heterocycles. The van der Waals surface area contributed by atoms with E-state index in [9.17, 15) is 18.0 Å². The van der Waals surface area contributed by atoms with Crippen LogP contribution in [0.25, 0.3) is 10.9 Å². The summed E-state index contributed by atoms with van der Waals surface area (Å²) >= 11 is 0. The van der Waals surface area contributed by atoms with E-state index in [0.717, 1.165) is 34.2 Å². The van der Waals surface area contributed by atoms with E-state index in [1.807, 2.05) is 60.8 Å². The number of carbonyl (C=O) groups is 1. The number of hydrogen-bond donors (Lipinski definition) is 1. The fraction of sp³-hybridized carbons (Fsp3) is 0.167. The summed E-state index contributed by atoms with van der Waals surface area (Å²) in [5, 5.41) is 3.83. The van der Waals surface area contributed by atoms with E-state index in [0.29, 0.717) is 17.9 Å².